The molecule has 0 aliphatic carbocycles. The molecule has 0 saturated heterocycles. The molecule has 14 heavy (non-hydrogen) atoms. The third-order valence-electron chi connectivity index (χ3n) is 1.93. The van der Waals surface area contributed by atoms with Gasteiger partial charge < -0.3 is 15.9 Å². The van der Waals surface area contributed by atoms with Crippen LogP contribution in [0.2, 0.25) is 0 Å². The fourth-order valence-electron chi connectivity index (χ4n) is 1.19. The highest BCUT2D eigenvalue weighted by Gasteiger charge is 2.17. The van der Waals surface area contributed by atoms with Crippen molar-refractivity contribution < 1.29 is 14.6 Å². The van der Waals surface area contributed by atoms with Crippen LogP contribution in [0.15, 0.2) is 16.6 Å². The normalized spacial score (nSPS) is 12.9. The molecule has 0 aliphatic heterocycles. The first-order chi connectivity index (χ1) is 6.57. The van der Waals surface area contributed by atoms with Crippen LogP contribution >= 0.6 is 15.9 Å². The Hall–Kier alpha value is -0.650. The van der Waals surface area contributed by atoms with Crippen molar-refractivity contribution in [3.05, 3.63) is 28.0 Å². The summed E-state index contributed by atoms with van der Waals surface area (Å²) in [6.45, 7) is -0.146. The van der Waals surface area contributed by atoms with Crippen LogP contribution in [0.5, 0.6) is 5.75 Å². The van der Waals surface area contributed by atoms with Crippen LogP contribution in [0.1, 0.15) is 18.0 Å². The molecule has 0 bridgehead atoms. The van der Waals surface area contributed by atoms with Crippen LogP contribution < -0.4 is 5.73 Å². The van der Waals surface area contributed by atoms with Gasteiger partial charge >= 0.3 is 0 Å². The Bertz CT molecular complexity index is 333. The van der Waals surface area contributed by atoms with Crippen molar-refractivity contribution in [2.24, 2.45) is 5.73 Å². The average Bonchev–Trinajstić information content (AvgIpc) is 2.13. The van der Waals surface area contributed by atoms with Crippen molar-refractivity contribution in [3.63, 3.8) is 0 Å². The van der Waals surface area contributed by atoms with Gasteiger partial charge in [-0.3, -0.25) is 0 Å². The average molecular weight is 264 g/mol. The van der Waals surface area contributed by atoms with Gasteiger partial charge in [0.2, 0.25) is 0 Å². The maximum atomic E-state index is 13.3. The molecule has 0 fully saturated rings. The van der Waals surface area contributed by atoms with E-state index in [0.717, 1.165) is 0 Å². The smallest absolute Gasteiger partial charge is 0.137 e. The summed E-state index contributed by atoms with van der Waals surface area (Å²) in [5, 5.41) is 18.2. The molecule has 0 spiro atoms. The summed E-state index contributed by atoms with van der Waals surface area (Å²) < 4.78 is 13.7. The zero-order valence-electron chi connectivity index (χ0n) is 7.37. The predicted octanol–water partition coefficient (Wildman–Crippen LogP) is 1.68. The number of halogens is 2. The summed E-state index contributed by atoms with van der Waals surface area (Å²) in [7, 11) is 0. The van der Waals surface area contributed by atoms with Gasteiger partial charge in [-0.05, 0) is 34.5 Å². The SMILES string of the molecule is N[C@H](CCO)c1c(F)ccc(Br)c1O. The molecule has 0 saturated carbocycles. The second-order valence-corrected chi connectivity index (χ2v) is 3.76. The second kappa shape index (κ2) is 4.72. The minimum atomic E-state index is -0.697. The lowest BCUT2D eigenvalue weighted by Crippen LogP contribution is -2.14. The van der Waals surface area contributed by atoms with Crippen molar-refractivity contribution in [3.8, 4) is 5.75 Å². The highest BCUT2D eigenvalue weighted by Crippen LogP contribution is 2.33. The molecule has 1 rings (SSSR count). The van der Waals surface area contributed by atoms with Crippen molar-refractivity contribution in [2.75, 3.05) is 6.61 Å². The lowest BCUT2D eigenvalue weighted by Gasteiger charge is -2.14. The highest BCUT2D eigenvalue weighted by atomic mass is 79.9. The number of aliphatic hydroxyl groups excluding tert-OH is 1. The third kappa shape index (κ3) is 2.23. The van der Waals surface area contributed by atoms with Crippen LogP contribution in [0.3, 0.4) is 0 Å². The van der Waals surface area contributed by atoms with E-state index in [1.165, 1.54) is 12.1 Å². The Balaban J connectivity index is 3.11. The Morgan fingerprint density at radius 3 is 2.71 bits per heavy atom. The second-order valence-electron chi connectivity index (χ2n) is 2.91. The first-order valence-electron chi connectivity index (χ1n) is 4.11. The quantitative estimate of drug-likeness (QED) is 0.778. The van der Waals surface area contributed by atoms with Crippen molar-refractivity contribution >= 4 is 15.9 Å². The molecule has 1 atom stereocenters. The Labute approximate surface area is 89.5 Å². The molecule has 1 aromatic carbocycles. The van der Waals surface area contributed by atoms with Crippen molar-refractivity contribution in [2.45, 2.75) is 12.5 Å². The summed E-state index contributed by atoms with van der Waals surface area (Å²) >= 11 is 3.06. The summed E-state index contributed by atoms with van der Waals surface area (Å²) in [6.07, 6.45) is 0.209. The van der Waals surface area contributed by atoms with Crippen LogP contribution in [0.4, 0.5) is 4.39 Å². The van der Waals surface area contributed by atoms with Gasteiger partial charge in [-0.15, -0.1) is 0 Å². The third-order valence-corrected chi connectivity index (χ3v) is 2.57. The van der Waals surface area contributed by atoms with Gasteiger partial charge in [0.15, 0.2) is 0 Å². The minimum absolute atomic E-state index is 0.0356. The lowest BCUT2D eigenvalue weighted by atomic mass is 10.0. The van der Waals surface area contributed by atoms with Crippen LogP contribution in [0.25, 0.3) is 0 Å². The monoisotopic (exact) mass is 263 g/mol. The number of phenolic OH excluding ortho intramolecular Hbond substituents is 1. The molecule has 78 valence electrons. The molecule has 0 amide bonds. The Kier molecular flexibility index (Phi) is 3.86. The molecule has 0 unspecified atom stereocenters. The van der Waals surface area contributed by atoms with E-state index < -0.39 is 11.9 Å². The summed E-state index contributed by atoms with van der Waals surface area (Å²) in [5.74, 6) is -0.766. The number of hydrogen-bond acceptors (Lipinski definition) is 3. The summed E-state index contributed by atoms with van der Waals surface area (Å²) in [6, 6.07) is 1.92. The van der Waals surface area contributed by atoms with E-state index in [0.29, 0.717) is 4.47 Å². The van der Waals surface area contributed by atoms with E-state index in [1.54, 1.807) is 0 Å². The van der Waals surface area contributed by atoms with Crippen LogP contribution in [-0.2, 0) is 0 Å². The number of benzene rings is 1. The van der Waals surface area contributed by atoms with Gasteiger partial charge in [-0.25, -0.2) is 4.39 Å². The first-order valence-corrected chi connectivity index (χ1v) is 4.90. The molecule has 0 aliphatic rings. The van der Waals surface area contributed by atoms with Gasteiger partial charge in [-0.1, -0.05) is 0 Å². The molecular weight excluding hydrogens is 253 g/mol. The van der Waals surface area contributed by atoms with Crippen molar-refractivity contribution in [1.29, 1.82) is 0 Å². The van der Waals surface area contributed by atoms with Gasteiger partial charge in [0, 0.05) is 18.2 Å². The molecule has 0 radical (unpaired) electrons. The number of rotatable bonds is 3. The van der Waals surface area contributed by atoms with Crippen molar-refractivity contribution in [1.82, 2.24) is 0 Å². The summed E-state index contributed by atoms with van der Waals surface area (Å²) in [5.41, 5.74) is 5.63. The maximum absolute atomic E-state index is 13.3. The number of phenols is 1. The van der Waals surface area contributed by atoms with E-state index in [-0.39, 0.29) is 24.3 Å². The standard InChI is InChI=1S/C9H11BrFNO2/c10-5-1-2-6(11)8(9(5)14)7(12)3-4-13/h1-2,7,13-14H,3-4,12H2/t7-/m1/s1. The van der Waals surface area contributed by atoms with Crippen LogP contribution in [0, 0.1) is 5.82 Å². The fourth-order valence-corrected chi connectivity index (χ4v) is 1.54. The zero-order chi connectivity index (χ0) is 10.7. The largest absolute Gasteiger partial charge is 0.506 e. The van der Waals surface area contributed by atoms with Gasteiger partial charge in [-0.2, -0.15) is 0 Å². The van der Waals surface area contributed by atoms with Gasteiger partial charge in [0.25, 0.3) is 0 Å². The van der Waals surface area contributed by atoms with E-state index in [1.807, 2.05) is 0 Å². The number of aromatic hydroxyl groups is 1. The van der Waals surface area contributed by atoms with Gasteiger partial charge in [0.1, 0.15) is 11.6 Å². The van der Waals surface area contributed by atoms with E-state index in [4.69, 9.17) is 10.8 Å². The number of aliphatic hydroxyl groups is 1. The van der Waals surface area contributed by atoms with E-state index in [2.05, 4.69) is 15.9 Å². The Morgan fingerprint density at radius 2 is 2.14 bits per heavy atom. The summed E-state index contributed by atoms with van der Waals surface area (Å²) in [4.78, 5) is 0. The number of nitrogens with two attached hydrogens (primary N) is 1. The highest BCUT2D eigenvalue weighted by molar-refractivity contribution is 9.10. The fraction of sp³-hybridized carbons (Fsp3) is 0.333. The molecular formula is C9H11BrFNO2. The van der Waals surface area contributed by atoms with E-state index >= 15 is 0 Å². The maximum Gasteiger partial charge on any atom is 0.137 e. The predicted molar refractivity (Wildman–Crippen MR) is 54.4 cm³/mol. The first kappa shape index (κ1) is 11.4. The molecule has 1 aromatic rings. The van der Waals surface area contributed by atoms with E-state index in [9.17, 15) is 9.50 Å². The minimum Gasteiger partial charge on any atom is -0.506 e. The molecule has 5 heteroatoms. The zero-order valence-corrected chi connectivity index (χ0v) is 8.96. The lowest BCUT2D eigenvalue weighted by molar-refractivity contribution is 0.274. The Morgan fingerprint density at radius 1 is 1.50 bits per heavy atom. The molecule has 0 aromatic heterocycles. The van der Waals surface area contributed by atoms with Gasteiger partial charge in [0.05, 0.1) is 4.47 Å². The molecule has 0 heterocycles. The topological polar surface area (TPSA) is 66.5 Å². The van der Waals surface area contributed by atoms with Crippen LogP contribution in [-0.4, -0.2) is 16.8 Å². The molecule has 4 N–H and O–H groups in total. The molecule has 3 nitrogen and oxygen atoms in total. The number of hydrogen-bond donors (Lipinski definition) is 3.